The highest BCUT2D eigenvalue weighted by molar-refractivity contribution is 7.89. The molecule has 0 fully saturated rings. The second kappa shape index (κ2) is 8.84. The van der Waals surface area contributed by atoms with Gasteiger partial charge >= 0.3 is 0 Å². The summed E-state index contributed by atoms with van der Waals surface area (Å²) in [5.74, 6) is 1.63. The zero-order valence-electron chi connectivity index (χ0n) is 20.9. The van der Waals surface area contributed by atoms with Crippen molar-refractivity contribution >= 4 is 50.0 Å². The topological polar surface area (TPSA) is 119 Å². The van der Waals surface area contributed by atoms with Crippen LogP contribution in [-0.2, 0) is 28.1 Å². The maximum atomic E-state index is 11.5. The third-order valence-corrected chi connectivity index (χ3v) is 6.66. The minimum atomic E-state index is -3.08. The van der Waals surface area contributed by atoms with E-state index in [0.29, 0.717) is 17.7 Å². The van der Waals surface area contributed by atoms with Crippen LogP contribution in [-0.4, -0.2) is 41.2 Å². The lowest BCUT2D eigenvalue weighted by Crippen LogP contribution is -2.20. The number of imidazole rings is 1. The van der Waals surface area contributed by atoms with Gasteiger partial charge in [0.05, 0.1) is 16.8 Å². The summed E-state index contributed by atoms with van der Waals surface area (Å²) in [4.78, 5) is 15.7. The molecule has 4 aromatic rings. The first kappa shape index (κ1) is 24.5. The quantitative estimate of drug-likeness (QED) is 0.408. The first-order valence-corrected chi connectivity index (χ1v) is 13.3. The van der Waals surface area contributed by atoms with Crippen molar-refractivity contribution in [2.45, 2.75) is 31.9 Å². The number of aryl methyl sites for hydroxylation is 1. The Morgan fingerprint density at radius 1 is 1.06 bits per heavy atom. The van der Waals surface area contributed by atoms with Gasteiger partial charge in [0.15, 0.2) is 9.84 Å². The SMILES string of the molecule is CN(c1ccnc(Nc2ccc(CS(C)(=O)=O)cc2)n1)c1ccc2c(nc(N)n2C)c1C(C)(C)C. The Labute approximate surface area is 205 Å². The van der Waals surface area contributed by atoms with Crippen molar-refractivity contribution in [3.05, 3.63) is 59.8 Å². The average molecular weight is 494 g/mol. The van der Waals surface area contributed by atoms with E-state index < -0.39 is 9.84 Å². The van der Waals surface area contributed by atoms with Crippen LogP contribution in [0.4, 0.5) is 29.1 Å². The van der Waals surface area contributed by atoms with E-state index in [1.165, 1.54) is 6.26 Å². The molecule has 0 spiro atoms. The number of nitrogens with zero attached hydrogens (tertiary/aromatic N) is 5. The standard InChI is InChI=1S/C25H31N7O2S/c1-25(2,3)21-18(11-12-19-22(21)30-23(26)32(19)5)31(4)20-13-14-27-24(29-20)28-17-9-7-16(8-10-17)15-35(6,33)34/h7-14H,15H2,1-6H3,(H2,26,30)(H,27,28,29). The second-order valence-electron chi connectivity index (χ2n) is 9.80. The minimum absolute atomic E-state index is 0.00638. The summed E-state index contributed by atoms with van der Waals surface area (Å²) >= 11 is 0. The molecular weight excluding hydrogens is 462 g/mol. The number of anilines is 5. The Hall–Kier alpha value is -3.66. The highest BCUT2D eigenvalue weighted by Gasteiger charge is 2.26. The monoisotopic (exact) mass is 493 g/mol. The summed E-state index contributed by atoms with van der Waals surface area (Å²) in [6.07, 6.45) is 2.92. The Morgan fingerprint density at radius 3 is 2.37 bits per heavy atom. The first-order valence-electron chi connectivity index (χ1n) is 11.2. The summed E-state index contributed by atoms with van der Waals surface area (Å²) in [5.41, 5.74) is 11.3. The van der Waals surface area contributed by atoms with Crippen LogP contribution in [0.1, 0.15) is 31.9 Å². The maximum Gasteiger partial charge on any atom is 0.229 e. The van der Waals surface area contributed by atoms with Gasteiger partial charge < -0.3 is 20.5 Å². The molecule has 0 atom stereocenters. The molecule has 0 aliphatic carbocycles. The summed E-state index contributed by atoms with van der Waals surface area (Å²) in [7, 11) is 0.797. The Morgan fingerprint density at radius 2 is 1.74 bits per heavy atom. The number of aromatic nitrogens is 4. The summed E-state index contributed by atoms with van der Waals surface area (Å²) in [6, 6.07) is 13.1. The third-order valence-electron chi connectivity index (χ3n) is 5.80. The van der Waals surface area contributed by atoms with Gasteiger partial charge in [0.1, 0.15) is 5.82 Å². The fraction of sp³-hybridized carbons (Fsp3) is 0.320. The second-order valence-corrected chi connectivity index (χ2v) is 11.9. The molecule has 0 amide bonds. The summed E-state index contributed by atoms with van der Waals surface area (Å²) in [5, 5.41) is 3.20. The Kier molecular flexibility index (Phi) is 6.18. The largest absolute Gasteiger partial charge is 0.369 e. The van der Waals surface area contributed by atoms with Crippen LogP contribution in [0.3, 0.4) is 0 Å². The normalized spacial score (nSPS) is 12.2. The molecule has 184 valence electrons. The smallest absolute Gasteiger partial charge is 0.229 e. The van der Waals surface area contributed by atoms with Crippen LogP contribution in [0, 0.1) is 0 Å². The maximum absolute atomic E-state index is 11.5. The number of nitrogens with two attached hydrogens (primary N) is 1. The van der Waals surface area contributed by atoms with Crippen molar-refractivity contribution in [1.82, 2.24) is 19.5 Å². The van der Waals surface area contributed by atoms with Crippen LogP contribution >= 0.6 is 0 Å². The van der Waals surface area contributed by atoms with Gasteiger partial charge in [0.2, 0.25) is 11.9 Å². The van der Waals surface area contributed by atoms with Crippen molar-refractivity contribution in [3.8, 4) is 0 Å². The lowest BCUT2D eigenvalue weighted by atomic mass is 9.84. The van der Waals surface area contributed by atoms with Gasteiger partial charge in [0.25, 0.3) is 0 Å². The molecule has 9 nitrogen and oxygen atoms in total. The number of fused-ring (bicyclic) bond motifs is 1. The Bertz CT molecular complexity index is 1490. The van der Waals surface area contributed by atoms with Crippen molar-refractivity contribution < 1.29 is 8.42 Å². The highest BCUT2D eigenvalue weighted by Crippen LogP contribution is 2.39. The van der Waals surface area contributed by atoms with E-state index >= 15 is 0 Å². The van der Waals surface area contributed by atoms with Gasteiger partial charge in [0, 0.05) is 43.5 Å². The van der Waals surface area contributed by atoms with Crippen LogP contribution in [0.25, 0.3) is 11.0 Å². The van der Waals surface area contributed by atoms with E-state index in [1.807, 2.05) is 47.8 Å². The summed E-state index contributed by atoms with van der Waals surface area (Å²) < 4.78 is 24.9. The van der Waals surface area contributed by atoms with Gasteiger partial charge in [-0.1, -0.05) is 32.9 Å². The predicted molar refractivity (Wildman–Crippen MR) is 142 cm³/mol. The molecule has 2 heterocycles. The molecule has 0 bridgehead atoms. The minimum Gasteiger partial charge on any atom is -0.369 e. The molecule has 3 N–H and O–H groups in total. The Balaban J connectivity index is 1.66. The van der Waals surface area contributed by atoms with E-state index in [2.05, 4.69) is 42.1 Å². The third kappa shape index (κ3) is 5.22. The lowest BCUT2D eigenvalue weighted by Gasteiger charge is -2.28. The van der Waals surface area contributed by atoms with Crippen LogP contribution in [0.15, 0.2) is 48.7 Å². The fourth-order valence-corrected chi connectivity index (χ4v) is 4.92. The molecule has 2 aromatic heterocycles. The van der Waals surface area contributed by atoms with Crippen molar-refractivity contribution in [2.24, 2.45) is 7.05 Å². The van der Waals surface area contributed by atoms with Gasteiger partial charge in [-0.15, -0.1) is 0 Å². The zero-order chi connectivity index (χ0) is 25.5. The van der Waals surface area contributed by atoms with E-state index in [1.54, 1.807) is 18.3 Å². The molecule has 0 saturated carbocycles. The van der Waals surface area contributed by atoms with Crippen molar-refractivity contribution in [3.63, 3.8) is 0 Å². The first-order chi connectivity index (χ1) is 16.3. The fourth-order valence-electron chi connectivity index (χ4n) is 4.12. The molecule has 0 aliphatic rings. The van der Waals surface area contributed by atoms with E-state index in [4.69, 9.17) is 10.7 Å². The number of sulfone groups is 1. The number of nitrogen functional groups attached to an aromatic ring is 1. The van der Waals surface area contributed by atoms with Gasteiger partial charge in [-0.2, -0.15) is 4.98 Å². The molecule has 4 rings (SSSR count). The van der Waals surface area contributed by atoms with Gasteiger partial charge in [-0.25, -0.2) is 18.4 Å². The van der Waals surface area contributed by atoms with Crippen LogP contribution in [0.5, 0.6) is 0 Å². The molecule has 2 aromatic carbocycles. The molecule has 10 heteroatoms. The van der Waals surface area contributed by atoms with E-state index in [9.17, 15) is 8.42 Å². The number of hydrogen-bond acceptors (Lipinski definition) is 8. The molecule has 0 unspecified atom stereocenters. The molecule has 35 heavy (non-hydrogen) atoms. The molecular formula is C25H31N7O2S. The number of rotatable bonds is 6. The lowest BCUT2D eigenvalue weighted by molar-refractivity contribution is 0.595. The summed E-state index contributed by atoms with van der Waals surface area (Å²) in [6.45, 7) is 6.47. The van der Waals surface area contributed by atoms with Crippen LogP contribution in [0.2, 0.25) is 0 Å². The van der Waals surface area contributed by atoms with Gasteiger partial charge in [-0.3, -0.25) is 0 Å². The highest BCUT2D eigenvalue weighted by atomic mass is 32.2. The van der Waals surface area contributed by atoms with Crippen molar-refractivity contribution in [1.29, 1.82) is 0 Å². The van der Waals surface area contributed by atoms with Gasteiger partial charge in [-0.05, 0) is 41.3 Å². The molecule has 0 aliphatic heterocycles. The van der Waals surface area contributed by atoms with Crippen LogP contribution < -0.4 is 16.0 Å². The number of nitrogens with one attached hydrogen (secondary N) is 1. The molecule has 0 saturated heterocycles. The predicted octanol–water partition coefficient (Wildman–Crippen LogP) is 4.30. The zero-order valence-corrected chi connectivity index (χ0v) is 21.7. The number of hydrogen-bond donors (Lipinski definition) is 2. The molecule has 0 radical (unpaired) electrons. The van der Waals surface area contributed by atoms with E-state index in [0.717, 1.165) is 33.5 Å². The van der Waals surface area contributed by atoms with Crippen molar-refractivity contribution in [2.75, 3.05) is 29.3 Å². The number of benzene rings is 2. The van der Waals surface area contributed by atoms with E-state index in [-0.39, 0.29) is 11.2 Å². The average Bonchev–Trinajstić information content (AvgIpc) is 3.06.